The van der Waals surface area contributed by atoms with E-state index < -0.39 is 78.5 Å². The lowest BCUT2D eigenvalue weighted by Gasteiger charge is -2.41. The van der Waals surface area contributed by atoms with Crippen LogP contribution >= 0.6 is 0 Å². The van der Waals surface area contributed by atoms with Crippen LogP contribution in [-0.4, -0.2) is 107 Å². The number of aliphatic hydroxyl groups is 5. The van der Waals surface area contributed by atoms with Gasteiger partial charge in [-0.2, -0.15) is 8.42 Å². The summed E-state index contributed by atoms with van der Waals surface area (Å²) in [5, 5.41) is 55.5. The van der Waals surface area contributed by atoms with Crippen LogP contribution < -0.4 is 5.32 Å². The Labute approximate surface area is 389 Å². The molecule has 8 unspecified atom stereocenters. The maximum Gasteiger partial charge on any atom is 0.397 e. The average molecular weight is 934 g/mol. The highest BCUT2D eigenvalue weighted by atomic mass is 32.3. The van der Waals surface area contributed by atoms with Crippen molar-refractivity contribution in [3.05, 3.63) is 24.3 Å². The zero-order chi connectivity index (χ0) is 47.1. The van der Waals surface area contributed by atoms with E-state index in [2.05, 4.69) is 47.7 Å². The van der Waals surface area contributed by atoms with Gasteiger partial charge in [-0.25, -0.2) is 4.18 Å². The predicted octanol–water partition coefficient (Wildman–Crippen LogP) is 9.86. The molecule has 378 valence electrons. The molecule has 1 rings (SSSR count). The lowest BCUT2D eigenvalue weighted by molar-refractivity contribution is -0.298. The van der Waals surface area contributed by atoms with Crippen molar-refractivity contribution >= 4 is 16.3 Å². The summed E-state index contributed by atoms with van der Waals surface area (Å²) in [6, 6.07) is -1.04. The number of rotatable bonds is 44. The Hall–Kier alpha value is -1.46. The maximum atomic E-state index is 13.2. The highest BCUT2D eigenvalue weighted by molar-refractivity contribution is 7.80. The summed E-state index contributed by atoms with van der Waals surface area (Å²) in [7, 11) is -5.11. The fourth-order valence-electron chi connectivity index (χ4n) is 8.26. The van der Waals surface area contributed by atoms with E-state index in [9.17, 15) is 43.3 Å². The molecule has 1 aliphatic rings. The standard InChI is InChI=1S/C50H95NO12S/c1-3-5-7-9-11-13-15-17-18-19-20-21-22-23-24-25-27-29-31-33-35-37-39-44(54)49(57)51-42(43(53)38-36-34-32-30-28-26-16-14-12-10-8-6-4-2)41-61-50-47(56)48(63-64(58,59)60)46(55)45(40-52)62-50/h20-21,23-24,42-48,50,52-56H,3-19,22,25-41H2,1-2H3,(H,51,57)(H,58,59,60)/b21-20-,24-23-. The third kappa shape index (κ3) is 32.3. The zero-order valence-electron chi connectivity index (χ0n) is 40.2. The second kappa shape index (κ2) is 40.6. The molecule has 1 amide bonds. The highest BCUT2D eigenvalue weighted by Crippen LogP contribution is 2.26. The summed E-state index contributed by atoms with van der Waals surface area (Å²) in [5.41, 5.74) is 0. The molecule has 0 aromatic carbocycles. The van der Waals surface area contributed by atoms with Crippen molar-refractivity contribution < 1.29 is 57.0 Å². The van der Waals surface area contributed by atoms with Crippen LogP contribution in [0, 0.1) is 0 Å². The van der Waals surface area contributed by atoms with Crippen molar-refractivity contribution in [1.29, 1.82) is 0 Å². The Morgan fingerprint density at radius 1 is 0.625 bits per heavy atom. The number of carbonyl (C=O) groups is 1. The van der Waals surface area contributed by atoms with Gasteiger partial charge >= 0.3 is 10.4 Å². The fraction of sp³-hybridized carbons (Fsp3) is 0.900. The van der Waals surface area contributed by atoms with E-state index in [0.29, 0.717) is 19.3 Å². The molecular formula is C50H95NO12S. The van der Waals surface area contributed by atoms with Crippen LogP contribution in [-0.2, 0) is 28.9 Å². The highest BCUT2D eigenvalue weighted by Gasteiger charge is 2.48. The Morgan fingerprint density at radius 3 is 1.48 bits per heavy atom. The largest absolute Gasteiger partial charge is 0.397 e. The van der Waals surface area contributed by atoms with Crippen LogP contribution in [0.2, 0.25) is 0 Å². The molecule has 0 radical (unpaired) electrons. The first-order valence-corrected chi connectivity index (χ1v) is 27.2. The first kappa shape index (κ1) is 60.6. The quantitative estimate of drug-likeness (QED) is 0.0173. The minimum absolute atomic E-state index is 0.249. The summed E-state index contributed by atoms with van der Waals surface area (Å²) in [4.78, 5) is 13.2. The van der Waals surface area contributed by atoms with Crippen molar-refractivity contribution in [1.82, 2.24) is 5.32 Å². The summed E-state index contributed by atoms with van der Waals surface area (Å²) in [5.74, 6) is -0.676. The minimum atomic E-state index is -5.11. The Balaban J connectivity index is 2.46. The molecule has 0 aromatic heterocycles. The van der Waals surface area contributed by atoms with E-state index in [0.717, 1.165) is 64.2 Å². The number of nitrogens with one attached hydrogen (secondary N) is 1. The minimum Gasteiger partial charge on any atom is -0.394 e. The van der Waals surface area contributed by atoms with Gasteiger partial charge in [0, 0.05) is 0 Å². The molecule has 1 aliphatic heterocycles. The predicted molar refractivity (Wildman–Crippen MR) is 256 cm³/mol. The molecule has 0 aliphatic carbocycles. The van der Waals surface area contributed by atoms with Gasteiger partial charge in [-0.05, 0) is 44.9 Å². The number of aliphatic hydroxyl groups excluding tert-OH is 5. The summed E-state index contributed by atoms with van der Waals surface area (Å²) in [6.45, 7) is 3.28. The van der Waals surface area contributed by atoms with Gasteiger partial charge in [0.2, 0.25) is 5.91 Å². The molecule has 64 heavy (non-hydrogen) atoms. The van der Waals surface area contributed by atoms with Gasteiger partial charge in [0.25, 0.3) is 0 Å². The third-order valence-corrected chi connectivity index (χ3v) is 12.8. The Bertz CT molecular complexity index is 1250. The van der Waals surface area contributed by atoms with E-state index in [-0.39, 0.29) is 6.42 Å². The molecule has 0 aromatic rings. The molecule has 8 atom stereocenters. The van der Waals surface area contributed by atoms with Gasteiger partial charge in [0.15, 0.2) is 6.29 Å². The van der Waals surface area contributed by atoms with Crippen LogP contribution in [0.4, 0.5) is 0 Å². The summed E-state index contributed by atoms with van der Waals surface area (Å²) >= 11 is 0. The van der Waals surface area contributed by atoms with Crippen molar-refractivity contribution in [2.45, 2.75) is 275 Å². The average Bonchev–Trinajstić information content (AvgIpc) is 3.27. The molecule has 0 bridgehead atoms. The second-order valence-corrected chi connectivity index (χ2v) is 19.3. The first-order chi connectivity index (χ1) is 30.9. The number of unbranched alkanes of at least 4 members (excludes halogenated alkanes) is 27. The number of hydrogen-bond donors (Lipinski definition) is 7. The number of allylic oxidation sites excluding steroid dienone is 4. The molecule has 1 fully saturated rings. The van der Waals surface area contributed by atoms with Gasteiger partial charge < -0.3 is 40.3 Å². The topological polar surface area (TPSA) is 212 Å². The molecule has 7 N–H and O–H groups in total. The smallest absolute Gasteiger partial charge is 0.394 e. The number of amides is 1. The van der Waals surface area contributed by atoms with Crippen LogP contribution in [0.15, 0.2) is 24.3 Å². The van der Waals surface area contributed by atoms with Gasteiger partial charge in [-0.15, -0.1) is 0 Å². The normalized spacial score (nSPS) is 20.9. The van der Waals surface area contributed by atoms with Crippen molar-refractivity contribution in [3.8, 4) is 0 Å². The van der Waals surface area contributed by atoms with Crippen molar-refractivity contribution in [3.63, 3.8) is 0 Å². The second-order valence-electron chi connectivity index (χ2n) is 18.3. The Kier molecular flexibility index (Phi) is 38.4. The van der Waals surface area contributed by atoms with E-state index >= 15 is 0 Å². The van der Waals surface area contributed by atoms with Crippen molar-refractivity contribution in [2.24, 2.45) is 0 Å². The lowest BCUT2D eigenvalue weighted by atomic mass is 9.99. The van der Waals surface area contributed by atoms with E-state index in [1.165, 1.54) is 122 Å². The lowest BCUT2D eigenvalue weighted by Crippen LogP contribution is -2.61. The van der Waals surface area contributed by atoms with E-state index in [1.807, 2.05) is 0 Å². The monoisotopic (exact) mass is 934 g/mol. The molecule has 0 spiro atoms. The fourth-order valence-corrected chi connectivity index (χ4v) is 8.77. The molecule has 13 nitrogen and oxygen atoms in total. The summed E-state index contributed by atoms with van der Waals surface area (Å²) in [6.07, 6.45) is 35.0. The summed E-state index contributed by atoms with van der Waals surface area (Å²) < 4.78 is 47.6. The number of ether oxygens (including phenoxy) is 2. The molecule has 1 saturated heterocycles. The molecule has 1 heterocycles. The number of carbonyl (C=O) groups excluding carboxylic acids is 1. The van der Waals surface area contributed by atoms with Crippen LogP contribution in [0.1, 0.15) is 226 Å². The van der Waals surface area contributed by atoms with Gasteiger partial charge in [0.05, 0.1) is 25.4 Å². The van der Waals surface area contributed by atoms with Crippen molar-refractivity contribution in [2.75, 3.05) is 13.2 Å². The van der Waals surface area contributed by atoms with Crippen LogP contribution in [0.5, 0.6) is 0 Å². The van der Waals surface area contributed by atoms with Gasteiger partial charge in [0.1, 0.15) is 30.5 Å². The molecule has 14 heteroatoms. The van der Waals surface area contributed by atoms with E-state index in [1.54, 1.807) is 0 Å². The Morgan fingerprint density at radius 2 is 1.05 bits per heavy atom. The van der Waals surface area contributed by atoms with Crippen LogP contribution in [0.25, 0.3) is 0 Å². The van der Waals surface area contributed by atoms with E-state index in [4.69, 9.17) is 9.47 Å². The van der Waals surface area contributed by atoms with Gasteiger partial charge in [-0.3, -0.25) is 9.35 Å². The van der Waals surface area contributed by atoms with Gasteiger partial charge in [-0.1, -0.05) is 205 Å². The molecular weight excluding hydrogens is 839 g/mol. The third-order valence-electron chi connectivity index (χ3n) is 12.4. The molecule has 0 saturated carbocycles. The zero-order valence-corrected chi connectivity index (χ0v) is 41.0. The maximum absolute atomic E-state index is 13.2. The van der Waals surface area contributed by atoms with Crippen LogP contribution in [0.3, 0.4) is 0 Å². The SMILES string of the molecule is CCCCCCCCCCC/C=C\C/C=C\CCCCCCCCC(O)C(=O)NC(COC1OC(CO)C(O)C(OS(=O)(=O)O)C1O)C(O)CCCCCCCCCCCCCCC. The first-order valence-electron chi connectivity index (χ1n) is 25.8. The number of hydrogen-bond acceptors (Lipinski definition) is 11.